The van der Waals surface area contributed by atoms with Crippen molar-refractivity contribution < 1.29 is 8.78 Å². The van der Waals surface area contributed by atoms with Crippen LogP contribution in [0.5, 0.6) is 0 Å². The van der Waals surface area contributed by atoms with E-state index >= 15 is 0 Å². The molecule has 0 spiro atoms. The first-order chi connectivity index (χ1) is 9.06. The summed E-state index contributed by atoms with van der Waals surface area (Å²) >= 11 is 8.98. The third-order valence-electron chi connectivity index (χ3n) is 2.60. The van der Waals surface area contributed by atoms with E-state index in [0.717, 1.165) is 6.07 Å². The lowest BCUT2D eigenvalue weighted by Gasteiger charge is -2.18. The Balaban J connectivity index is 2.61. The van der Waals surface area contributed by atoms with Crippen LogP contribution in [0.25, 0.3) is 0 Å². The van der Waals surface area contributed by atoms with Crippen LogP contribution in [0.15, 0.2) is 34.9 Å². The molecule has 0 saturated carbocycles. The number of aromatic nitrogens is 1. The Morgan fingerprint density at radius 3 is 2.68 bits per heavy atom. The fourth-order valence-electron chi connectivity index (χ4n) is 1.72. The number of pyridine rings is 1. The molecule has 1 aromatic carbocycles. The number of benzene rings is 1. The summed E-state index contributed by atoms with van der Waals surface area (Å²) in [6.07, 6.45) is 1.47. The highest BCUT2D eigenvalue weighted by Gasteiger charge is 2.25. The van der Waals surface area contributed by atoms with Gasteiger partial charge in [0.1, 0.15) is 11.6 Å². The van der Waals surface area contributed by atoms with Gasteiger partial charge in [-0.1, -0.05) is 11.6 Å². The number of hydrazine groups is 1. The Hall–Kier alpha value is -1.08. The van der Waals surface area contributed by atoms with E-state index in [1.165, 1.54) is 12.3 Å². The van der Waals surface area contributed by atoms with Gasteiger partial charge in [0.15, 0.2) is 0 Å². The second-order valence-corrected chi connectivity index (χ2v) is 4.99. The summed E-state index contributed by atoms with van der Waals surface area (Å²) in [5.74, 6) is 3.92. The lowest BCUT2D eigenvalue weighted by Crippen LogP contribution is -2.31. The average Bonchev–Trinajstić information content (AvgIpc) is 2.40. The molecule has 1 heterocycles. The van der Waals surface area contributed by atoms with E-state index in [1.54, 1.807) is 12.1 Å². The first-order valence-electron chi connectivity index (χ1n) is 5.26. The molecule has 0 radical (unpaired) electrons. The first kappa shape index (κ1) is 14.3. The van der Waals surface area contributed by atoms with Crippen molar-refractivity contribution in [3.63, 3.8) is 0 Å². The van der Waals surface area contributed by atoms with E-state index < -0.39 is 17.7 Å². The zero-order valence-electron chi connectivity index (χ0n) is 9.50. The molecule has 0 aliphatic carbocycles. The van der Waals surface area contributed by atoms with Crippen molar-refractivity contribution in [2.24, 2.45) is 5.84 Å². The van der Waals surface area contributed by atoms with Gasteiger partial charge in [0, 0.05) is 11.8 Å². The number of rotatable bonds is 3. The Bertz CT molecular complexity index is 610. The van der Waals surface area contributed by atoms with Crippen molar-refractivity contribution in [1.82, 2.24) is 10.4 Å². The topological polar surface area (TPSA) is 50.9 Å². The summed E-state index contributed by atoms with van der Waals surface area (Å²) in [5.41, 5.74) is 2.35. The largest absolute Gasteiger partial charge is 0.271 e. The Kier molecular flexibility index (Phi) is 4.46. The van der Waals surface area contributed by atoms with Crippen molar-refractivity contribution in [1.29, 1.82) is 0 Å². The van der Waals surface area contributed by atoms with E-state index in [1.807, 2.05) is 0 Å². The Labute approximate surface area is 121 Å². The highest BCUT2D eigenvalue weighted by molar-refractivity contribution is 9.10. The number of nitrogens with zero attached hydrogens (tertiary/aromatic N) is 1. The third-order valence-corrected chi connectivity index (χ3v) is 3.53. The van der Waals surface area contributed by atoms with Gasteiger partial charge in [0.2, 0.25) is 0 Å². The van der Waals surface area contributed by atoms with Crippen LogP contribution < -0.4 is 11.3 Å². The highest BCUT2D eigenvalue weighted by Crippen LogP contribution is 2.32. The molecular formula is C12H9BrClF2N3. The van der Waals surface area contributed by atoms with E-state index in [0.29, 0.717) is 0 Å². The van der Waals surface area contributed by atoms with Gasteiger partial charge in [-0.15, -0.1) is 0 Å². The van der Waals surface area contributed by atoms with Gasteiger partial charge in [-0.05, 0) is 40.2 Å². The molecule has 7 heteroatoms. The maximum absolute atomic E-state index is 14.1. The van der Waals surface area contributed by atoms with Gasteiger partial charge in [-0.25, -0.2) is 14.2 Å². The minimum Gasteiger partial charge on any atom is -0.271 e. The first-order valence-corrected chi connectivity index (χ1v) is 6.43. The van der Waals surface area contributed by atoms with Gasteiger partial charge in [-0.2, -0.15) is 0 Å². The zero-order chi connectivity index (χ0) is 14.0. The van der Waals surface area contributed by atoms with Gasteiger partial charge < -0.3 is 0 Å². The summed E-state index contributed by atoms with van der Waals surface area (Å²) in [5, 5.41) is 0.268. The SMILES string of the molecule is NNC(c1ncccc1Cl)c1c(F)ccc(Br)c1F. The van der Waals surface area contributed by atoms with Crippen molar-refractivity contribution in [2.75, 3.05) is 0 Å². The van der Waals surface area contributed by atoms with Gasteiger partial charge >= 0.3 is 0 Å². The second-order valence-electron chi connectivity index (χ2n) is 3.73. The highest BCUT2D eigenvalue weighted by atomic mass is 79.9. The minimum atomic E-state index is -0.980. The molecule has 0 amide bonds. The van der Waals surface area contributed by atoms with E-state index in [-0.39, 0.29) is 20.8 Å². The van der Waals surface area contributed by atoms with Crippen molar-refractivity contribution >= 4 is 27.5 Å². The normalized spacial score (nSPS) is 12.5. The molecule has 100 valence electrons. The van der Waals surface area contributed by atoms with Crippen LogP contribution in [-0.2, 0) is 0 Å². The summed E-state index contributed by atoms with van der Waals surface area (Å²) < 4.78 is 28.1. The van der Waals surface area contributed by atoms with Crippen LogP contribution in [0.2, 0.25) is 5.02 Å². The predicted molar refractivity (Wildman–Crippen MR) is 72.5 cm³/mol. The van der Waals surface area contributed by atoms with Gasteiger partial charge in [-0.3, -0.25) is 10.8 Å². The fraction of sp³-hybridized carbons (Fsp3) is 0.0833. The number of nitrogens with two attached hydrogens (primary N) is 1. The monoisotopic (exact) mass is 347 g/mol. The summed E-state index contributed by atoms with van der Waals surface area (Å²) in [6.45, 7) is 0. The van der Waals surface area contributed by atoms with Crippen molar-refractivity contribution in [2.45, 2.75) is 6.04 Å². The molecule has 3 nitrogen and oxygen atoms in total. The maximum Gasteiger partial charge on any atom is 0.145 e. The summed E-state index contributed by atoms with van der Waals surface area (Å²) in [7, 11) is 0. The second kappa shape index (κ2) is 5.92. The maximum atomic E-state index is 14.1. The standard InChI is InChI=1S/C12H9BrClF2N3/c13-6-3-4-8(15)9(10(6)16)12(19-17)11-7(14)2-1-5-18-11/h1-5,12,19H,17H2. The van der Waals surface area contributed by atoms with Crippen LogP contribution in [-0.4, -0.2) is 4.98 Å². The fourth-order valence-corrected chi connectivity index (χ4v) is 2.29. The summed E-state index contributed by atoms with van der Waals surface area (Å²) in [4.78, 5) is 4.01. The lowest BCUT2D eigenvalue weighted by atomic mass is 10.0. The number of nitrogens with one attached hydrogen (secondary N) is 1. The third kappa shape index (κ3) is 2.76. The molecule has 1 atom stereocenters. The molecule has 0 fully saturated rings. The molecule has 0 aliphatic rings. The Morgan fingerprint density at radius 1 is 1.32 bits per heavy atom. The summed E-state index contributed by atoms with van der Waals surface area (Å²) in [6, 6.07) is 4.63. The molecule has 1 unspecified atom stereocenters. The van der Waals surface area contributed by atoms with Crippen LogP contribution in [0.4, 0.5) is 8.78 Å². The zero-order valence-corrected chi connectivity index (χ0v) is 11.8. The van der Waals surface area contributed by atoms with Gasteiger partial charge in [0.25, 0.3) is 0 Å². The molecule has 19 heavy (non-hydrogen) atoms. The van der Waals surface area contributed by atoms with Crippen LogP contribution >= 0.6 is 27.5 Å². The van der Waals surface area contributed by atoms with Gasteiger partial charge in [0.05, 0.1) is 21.2 Å². The molecule has 0 saturated heterocycles. The average molecular weight is 349 g/mol. The molecule has 3 N–H and O–H groups in total. The number of halogens is 4. The van der Waals surface area contributed by atoms with Crippen molar-refractivity contribution in [3.8, 4) is 0 Å². The molecule has 0 aliphatic heterocycles. The van der Waals surface area contributed by atoms with E-state index in [9.17, 15) is 8.78 Å². The minimum absolute atomic E-state index is 0.135. The molecule has 1 aromatic heterocycles. The van der Waals surface area contributed by atoms with Crippen LogP contribution in [0, 0.1) is 11.6 Å². The Morgan fingerprint density at radius 2 is 2.05 bits per heavy atom. The predicted octanol–water partition coefficient (Wildman–Crippen LogP) is 3.33. The number of hydrogen-bond donors (Lipinski definition) is 2. The molecular weight excluding hydrogens is 340 g/mol. The molecule has 2 rings (SSSR count). The van der Waals surface area contributed by atoms with Crippen molar-refractivity contribution in [3.05, 3.63) is 62.8 Å². The van der Waals surface area contributed by atoms with Crippen LogP contribution in [0.3, 0.4) is 0 Å². The molecule has 2 aromatic rings. The van der Waals surface area contributed by atoms with E-state index in [4.69, 9.17) is 17.4 Å². The quantitative estimate of drug-likeness (QED) is 0.508. The lowest BCUT2D eigenvalue weighted by molar-refractivity contribution is 0.502. The van der Waals surface area contributed by atoms with E-state index in [2.05, 4.69) is 26.3 Å². The van der Waals surface area contributed by atoms with Crippen LogP contribution in [0.1, 0.15) is 17.3 Å². The smallest absolute Gasteiger partial charge is 0.145 e. The molecule has 0 bridgehead atoms. The number of hydrogen-bond acceptors (Lipinski definition) is 3.